The number of carbonyl (C=O) groups excluding carboxylic acids is 1. The molecule has 1 saturated heterocycles. The summed E-state index contributed by atoms with van der Waals surface area (Å²) in [7, 11) is 0. The van der Waals surface area contributed by atoms with Gasteiger partial charge in [-0.25, -0.2) is 9.79 Å². The maximum Gasteiger partial charge on any atom is 0.338 e. The zero-order chi connectivity index (χ0) is 29.1. The molecule has 0 unspecified atom stereocenters. The molecule has 41 heavy (non-hydrogen) atoms. The molecule has 2 aliphatic heterocycles. The lowest BCUT2D eigenvalue weighted by molar-refractivity contribution is -0.384. The van der Waals surface area contributed by atoms with Crippen LogP contribution >= 0.6 is 11.3 Å². The highest BCUT2D eigenvalue weighted by molar-refractivity contribution is 7.07. The van der Waals surface area contributed by atoms with Crippen LogP contribution in [0.15, 0.2) is 63.5 Å². The van der Waals surface area contributed by atoms with Gasteiger partial charge < -0.3 is 19.1 Å². The number of morpholine rings is 1. The highest BCUT2D eigenvalue weighted by atomic mass is 32.1. The molecule has 0 saturated carbocycles. The van der Waals surface area contributed by atoms with Gasteiger partial charge in [0.05, 0.1) is 53.2 Å². The Balaban J connectivity index is 1.69. The lowest BCUT2D eigenvalue weighted by Gasteiger charge is -2.30. The average molecular weight is 579 g/mol. The Bertz CT molecular complexity index is 1690. The summed E-state index contributed by atoms with van der Waals surface area (Å²) in [5.41, 5.74) is 2.32. The van der Waals surface area contributed by atoms with Crippen LogP contribution in [-0.4, -0.2) is 55.0 Å². The Morgan fingerprint density at radius 1 is 1.17 bits per heavy atom. The molecule has 0 bridgehead atoms. The molecule has 11 nitrogen and oxygen atoms in total. The highest BCUT2D eigenvalue weighted by Gasteiger charge is 2.33. The maximum atomic E-state index is 14.0. The van der Waals surface area contributed by atoms with Crippen molar-refractivity contribution in [3.8, 4) is 5.75 Å². The molecule has 0 spiro atoms. The molecule has 0 amide bonds. The monoisotopic (exact) mass is 578 g/mol. The quantitative estimate of drug-likeness (QED) is 0.227. The third kappa shape index (κ3) is 5.66. The number of carbonyl (C=O) groups is 1. The molecule has 1 fully saturated rings. The van der Waals surface area contributed by atoms with Crippen LogP contribution in [0.25, 0.3) is 6.08 Å². The number of non-ortho nitro benzene ring substituents is 1. The molecule has 3 heterocycles. The zero-order valence-corrected chi connectivity index (χ0v) is 23.8. The predicted molar refractivity (Wildman–Crippen MR) is 154 cm³/mol. The molecule has 0 N–H and O–H groups in total. The van der Waals surface area contributed by atoms with Gasteiger partial charge in [0.1, 0.15) is 5.75 Å². The van der Waals surface area contributed by atoms with Crippen LogP contribution in [0.4, 0.5) is 11.4 Å². The van der Waals surface area contributed by atoms with Crippen molar-refractivity contribution in [2.45, 2.75) is 26.8 Å². The first-order valence-electron chi connectivity index (χ1n) is 13.4. The van der Waals surface area contributed by atoms with Gasteiger partial charge in [-0.1, -0.05) is 23.5 Å². The van der Waals surface area contributed by atoms with Gasteiger partial charge in [-0.05, 0) is 50.6 Å². The summed E-state index contributed by atoms with van der Waals surface area (Å²) in [4.78, 5) is 45.4. The van der Waals surface area contributed by atoms with Crippen molar-refractivity contribution >= 4 is 34.8 Å². The molecule has 214 valence electrons. The predicted octanol–water partition coefficient (Wildman–Crippen LogP) is 2.94. The van der Waals surface area contributed by atoms with Crippen LogP contribution in [0.1, 0.15) is 37.9 Å². The topological polar surface area (TPSA) is 126 Å². The minimum absolute atomic E-state index is 0.0752. The molecule has 1 aromatic heterocycles. The summed E-state index contributed by atoms with van der Waals surface area (Å²) in [5, 5.41) is 11.6. The SMILES string of the molecule is CCOC(=O)C1=C(C)N=c2s/c(=C\c3cc([N+](=O)[O-])ccc3N3CCOCC3)c(=O)n2[C@H]1c1ccc(OCC)cc1. The number of ether oxygens (including phenoxy) is 3. The normalized spacial score (nSPS) is 17.2. The third-order valence-corrected chi connectivity index (χ3v) is 7.87. The molecular weight excluding hydrogens is 548 g/mol. The van der Waals surface area contributed by atoms with E-state index < -0.39 is 16.9 Å². The van der Waals surface area contributed by atoms with Gasteiger partial charge in [-0.3, -0.25) is 19.5 Å². The molecule has 0 radical (unpaired) electrons. The number of nitro groups is 1. The summed E-state index contributed by atoms with van der Waals surface area (Å²) in [5.74, 6) is 0.124. The van der Waals surface area contributed by atoms with Crippen molar-refractivity contribution in [2.24, 2.45) is 4.99 Å². The average Bonchev–Trinajstić information content (AvgIpc) is 3.27. The number of hydrogen-bond acceptors (Lipinski definition) is 10. The van der Waals surface area contributed by atoms with Gasteiger partial charge in [0.15, 0.2) is 4.80 Å². The molecule has 3 aromatic rings. The molecule has 5 rings (SSSR count). The van der Waals surface area contributed by atoms with Crippen molar-refractivity contribution in [3.63, 3.8) is 0 Å². The standard InChI is InChI=1S/C29H30N4O7S/c1-4-39-22-9-6-19(7-10-22)26-25(28(35)40-5-2)18(3)30-29-32(26)27(34)24(41-29)17-20-16-21(33(36)37)8-11-23(20)31-12-14-38-15-13-31/h6-11,16-17,26H,4-5,12-15H2,1-3H3/b24-17-/t26-/m0/s1. The summed E-state index contributed by atoms with van der Waals surface area (Å²) in [6.45, 7) is 8.34. The number of nitrogens with zero attached hydrogens (tertiary/aromatic N) is 4. The third-order valence-electron chi connectivity index (χ3n) is 6.88. The Labute approximate surface area is 239 Å². The number of benzene rings is 2. The second kappa shape index (κ2) is 12.1. The van der Waals surface area contributed by atoms with Crippen LogP contribution in [0, 0.1) is 10.1 Å². The largest absolute Gasteiger partial charge is 0.494 e. The van der Waals surface area contributed by atoms with E-state index in [4.69, 9.17) is 14.2 Å². The molecule has 2 aliphatic rings. The van der Waals surface area contributed by atoms with E-state index >= 15 is 0 Å². The first kappa shape index (κ1) is 28.2. The number of allylic oxidation sites excluding steroid dienone is 1. The van der Waals surface area contributed by atoms with Crippen molar-refractivity contribution in [1.29, 1.82) is 0 Å². The smallest absolute Gasteiger partial charge is 0.338 e. The fourth-order valence-corrected chi connectivity index (χ4v) is 6.06. The Kier molecular flexibility index (Phi) is 8.31. The van der Waals surface area contributed by atoms with Crippen LogP contribution in [-0.2, 0) is 14.3 Å². The van der Waals surface area contributed by atoms with Crippen molar-refractivity contribution in [3.05, 3.63) is 94.7 Å². The zero-order valence-electron chi connectivity index (χ0n) is 23.0. The van der Waals surface area contributed by atoms with Gasteiger partial charge >= 0.3 is 5.97 Å². The first-order valence-corrected chi connectivity index (χ1v) is 14.2. The second-order valence-electron chi connectivity index (χ2n) is 9.40. The van der Waals surface area contributed by atoms with Crippen molar-refractivity contribution < 1.29 is 23.9 Å². The number of fused-ring (bicyclic) bond motifs is 1. The number of hydrogen-bond donors (Lipinski definition) is 0. The summed E-state index contributed by atoms with van der Waals surface area (Å²) >= 11 is 1.17. The van der Waals surface area contributed by atoms with Crippen LogP contribution in [0.5, 0.6) is 5.75 Å². The van der Waals surface area contributed by atoms with Gasteiger partial charge in [-0.15, -0.1) is 0 Å². The Hall–Kier alpha value is -4.29. The number of thiazole rings is 1. The van der Waals surface area contributed by atoms with E-state index in [1.165, 1.54) is 28.0 Å². The molecular formula is C29H30N4O7S. The Morgan fingerprint density at radius 3 is 2.56 bits per heavy atom. The van der Waals surface area contributed by atoms with Crippen LogP contribution < -0.4 is 24.5 Å². The van der Waals surface area contributed by atoms with Crippen LogP contribution in [0.2, 0.25) is 0 Å². The van der Waals surface area contributed by atoms with E-state index in [1.54, 1.807) is 38.1 Å². The van der Waals surface area contributed by atoms with Gasteiger partial charge in [-0.2, -0.15) is 0 Å². The lowest BCUT2D eigenvalue weighted by Crippen LogP contribution is -2.40. The molecule has 1 atom stereocenters. The number of aromatic nitrogens is 1. The van der Waals surface area contributed by atoms with E-state index in [2.05, 4.69) is 9.89 Å². The fourth-order valence-electron chi connectivity index (χ4n) is 5.02. The number of rotatable bonds is 8. The fraction of sp³-hybridized carbons (Fsp3) is 0.345. The Morgan fingerprint density at radius 2 is 1.90 bits per heavy atom. The first-order chi connectivity index (χ1) is 19.8. The van der Waals surface area contributed by atoms with Gasteiger partial charge in [0, 0.05) is 36.5 Å². The van der Waals surface area contributed by atoms with Crippen LogP contribution in [0.3, 0.4) is 0 Å². The number of anilines is 1. The van der Waals surface area contributed by atoms with Crippen molar-refractivity contribution in [1.82, 2.24) is 4.57 Å². The summed E-state index contributed by atoms with van der Waals surface area (Å²) in [6.07, 6.45) is 1.67. The van der Waals surface area contributed by atoms with E-state index in [0.717, 1.165) is 5.69 Å². The second-order valence-corrected chi connectivity index (χ2v) is 10.4. The number of nitro benzene ring substituents is 1. The summed E-state index contributed by atoms with van der Waals surface area (Å²) in [6, 6.07) is 11.1. The maximum absolute atomic E-state index is 14.0. The minimum atomic E-state index is -0.771. The van der Waals surface area contributed by atoms with E-state index in [0.29, 0.717) is 64.8 Å². The molecule has 2 aromatic carbocycles. The van der Waals surface area contributed by atoms with Gasteiger partial charge in [0.2, 0.25) is 0 Å². The number of esters is 1. The molecule has 0 aliphatic carbocycles. The molecule has 12 heteroatoms. The van der Waals surface area contributed by atoms with E-state index in [9.17, 15) is 19.7 Å². The van der Waals surface area contributed by atoms with Crippen molar-refractivity contribution in [2.75, 3.05) is 44.4 Å². The minimum Gasteiger partial charge on any atom is -0.494 e. The van der Waals surface area contributed by atoms with Gasteiger partial charge in [0.25, 0.3) is 11.2 Å². The van der Waals surface area contributed by atoms with E-state index in [-0.39, 0.29) is 23.4 Å². The lowest BCUT2D eigenvalue weighted by atomic mass is 9.96. The van der Waals surface area contributed by atoms with E-state index in [1.807, 2.05) is 19.1 Å². The highest BCUT2D eigenvalue weighted by Crippen LogP contribution is 2.32. The summed E-state index contributed by atoms with van der Waals surface area (Å²) < 4.78 is 18.3.